The standard InChI is InChI=1S/C19H26N2O4/c1-14-12-21(16(14)15-6-4-3-5-7-15)18(23)20-13-19(17(22)24-2)8-10-25-11-9-19/h3-7,14,16H,8-13H2,1-2H3,(H,20,23)/t14-,16-/m1/s1. The predicted molar refractivity (Wildman–Crippen MR) is 93.0 cm³/mol. The van der Waals surface area contributed by atoms with Gasteiger partial charge in [-0.05, 0) is 24.3 Å². The van der Waals surface area contributed by atoms with Crippen molar-refractivity contribution in [3.05, 3.63) is 35.9 Å². The Morgan fingerprint density at radius 3 is 2.56 bits per heavy atom. The van der Waals surface area contributed by atoms with E-state index in [0.717, 1.165) is 12.1 Å². The number of carbonyl (C=O) groups excluding carboxylic acids is 2. The minimum atomic E-state index is -0.679. The van der Waals surface area contributed by atoms with Crippen LogP contribution in [0.4, 0.5) is 4.79 Å². The maximum atomic E-state index is 12.7. The van der Waals surface area contributed by atoms with Crippen LogP contribution in [0.5, 0.6) is 0 Å². The van der Waals surface area contributed by atoms with Crippen LogP contribution >= 0.6 is 0 Å². The Labute approximate surface area is 148 Å². The molecule has 1 N–H and O–H groups in total. The molecule has 0 aromatic heterocycles. The molecule has 6 heteroatoms. The summed E-state index contributed by atoms with van der Waals surface area (Å²) in [6.07, 6.45) is 1.14. The largest absolute Gasteiger partial charge is 0.469 e. The Morgan fingerprint density at radius 2 is 1.96 bits per heavy atom. The average Bonchev–Trinajstić information content (AvgIpc) is 2.65. The fourth-order valence-electron chi connectivity index (χ4n) is 3.84. The van der Waals surface area contributed by atoms with Crippen molar-refractivity contribution in [3.63, 3.8) is 0 Å². The summed E-state index contributed by atoms with van der Waals surface area (Å²) >= 11 is 0. The normalized spacial score (nSPS) is 25.0. The fraction of sp³-hybridized carbons (Fsp3) is 0.579. The number of esters is 1. The molecule has 2 atom stereocenters. The lowest BCUT2D eigenvalue weighted by atomic mass is 9.80. The van der Waals surface area contributed by atoms with Gasteiger partial charge in [-0.1, -0.05) is 37.3 Å². The number of carbonyl (C=O) groups is 2. The molecule has 0 saturated carbocycles. The number of methoxy groups -OCH3 is 1. The molecule has 2 aliphatic rings. The summed E-state index contributed by atoms with van der Waals surface area (Å²) in [5.74, 6) is 0.151. The second-order valence-corrected chi connectivity index (χ2v) is 7.03. The number of rotatable bonds is 4. The van der Waals surface area contributed by atoms with Crippen molar-refractivity contribution >= 4 is 12.0 Å². The van der Waals surface area contributed by atoms with Crippen LogP contribution in [-0.4, -0.2) is 50.3 Å². The van der Waals surface area contributed by atoms with E-state index in [1.165, 1.54) is 7.11 Å². The third-order valence-electron chi connectivity index (χ3n) is 5.41. The molecule has 2 fully saturated rings. The van der Waals surface area contributed by atoms with Gasteiger partial charge in [0.1, 0.15) is 0 Å². The van der Waals surface area contributed by atoms with Gasteiger partial charge in [-0.15, -0.1) is 0 Å². The van der Waals surface area contributed by atoms with Crippen LogP contribution in [0.15, 0.2) is 30.3 Å². The highest BCUT2D eigenvalue weighted by Crippen LogP contribution is 2.38. The first-order valence-electron chi connectivity index (χ1n) is 8.83. The molecule has 2 heterocycles. The minimum absolute atomic E-state index is 0.0879. The topological polar surface area (TPSA) is 67.9 Å². The first kappa shape index (κ1) is 17.7. The van der Waals surface area contributed by atoms with Crippen molar-refractivity contribution in [1.29, 1.82) is 0 Å². The van der Waals surface area contributed by atoms with Gasteiger partial charge in [0.2, 0.25) is 0 Å². The van der Waals surface area contributed by atoms with Gasteiger partial charge >= 0.3 is 12.0 Å². The molecule has 1 aromatic rings. The highest BCUT2D eigenvalue weighted by Gasteiger charge is 2.44. The number of ether oxygens (including phenoxy) is 2. The van der Waals surface area contributed by atoms with Gasteiger partial charge in [0, 0.05) is 26.3 Å². The van der Waals surface area contributed by atoms with E-state index >= 15 is 0 Å². The second kappa shape index (κ2) is 7.44. The average molecular weight is 346 g/mol. The van der Waals surface area contributed by atoms with Crippen LogP contribution in [0, 0.1) is 11.3 Å². The van der Waals surface area contributed by atoms with Crippen molar-refractivity contribution in [1.82, 2.24) is 10.2 Å². The molecule has 2 saturated heterocycles. The molecule has 0 unspecified atom stereocenters. The van der Waals surface area contributed by atoms with E-state index in [1.54, 1.807) is 0 Å². The molecule has 3 rings (SSSR count). The van der Waals surface area contributed by atoms with Gasteiger partial charge in [0.15, 0.2) is 0 Å². The summed E-state index contributed by atoms with van der Waals surface area (Å²) in [6, 6.07) is 10.0. The Morgan fingerprint density at radius 1 is 1.28 bits per heavy atom. The van der Waals surface area contributed by atoms with E-state index in [9.17, 15) is 9.59 Å². The van der Waals surface area contributed by atoms with Crippen LogP contribution in [0.25, 0.3) is 0 Å². The first-order valence-corrected chi connectivity index (χ1v) is 8.83. The molecular formula is C19H26N2O4. The molecule has 1 aromatic carbocycles. The third-order valence-corrected chi connectivity index (χ3v) is 5.41. The number of nitrogens with one attached hydrogen (secondary N) is 1. The molecule has 0 spiro atoms. The molecule has 6 nitrogen and oxygen atoms in total. The molecule has 0 aliphatic carbocycles. The van der Waals surface area contributed by atoms with E-state index in [2.05, 4.69) is 24.4 Å². The zero-order valence-corrected chi connectivity index (χ0v) is 14.9. The van der Waals surface area contributed by atoms with Crippen LogP contribution in [-0.2, 0) is 14.3 Å². The smallest absolute Gasteiger partial charge is 0.317 e. The number of nitrogens with zero attached hydrogens (tertiary/aromatic N) is 1. The lowest BCUT2D eigenvalue weighted by molar-refractivity contribution is -0.158. The summed E-state index contributed by atoms with van der Waals surface area (Å²) < 4.78 is 10.3. The van der Waals surface area contributed by atoms with Gasteiger partial charge < -0.3 is 19.7 Å². The number of benzene rings is 1. The monoisotopic (exact) mass is 346 g/mol. The number of hydrogen-bond acceptors (Lipinski definition) is 4. The Hall–Kier alpha value is -2.08. The van der Waals surface area contributed by atoms with Crippen LogP contribution < -0.4 is 5.32 Å². The highest BCUT2D eigenvalue weighted by atomic mass is 16.5. The Bertz CT molecular complexity index is 613. The Balaban J connectivity index is 1.64. The summed E-state index contributed by atoms with van der Waals surface area (Å²) in [5, 5.41) is 2.96. The van der Waals surface area contributed by atoms with Gasteiger partial charge in [-0.3, -0.25) is 4.79 Å². The zero-order valence-electron chi connectivity index (χ0n) is 14.9. The SMILES string of the molecule is COC(=O)C1(CNC(=O)N2C[C@@H](C)[C@@H]2c2ccccc2)CCOCC1. The summed E-state index contributed by atoms with van der Waals surface area (Å²) in [6.45, 7) is 4.18. The van der Waals surface area contributed by atoms with Crippen molar-refractivity contribution in [2.24, 2.45) is 11.3 Å². The quantitative estimate of drug-likeness (QED) is 0.850. The minimum Gasteiger partial charge on any atom is -0.469 e. The summed E-state index contributed by atoms with van der Waals surface area (Å²) in [7, 11) is 1.39. The molecule has 2 amide bonds. The number of hydrogen-bond donors (Lipinski definition) is 1. The second-order valence-electron chi connectivity index (χ2n) is 7.03. The van der Waals surface area contributed by atoms with E-state index in [-0.39, 0.29) is 24.6 Å². The Kier molecular flexibility index (Phi) is 5.27. The number of amides is 2. The highest BCUT2D eigenvalue weighted by molar-refractivity contribution is 5.80. The molecule has 25 heavy (non-hydrogen) atoms. The van der Waals surface area contributed by atoms with Gasteiger partial charge in [0.25, 0.3) is 0 Å². The van der Waals surface area contributed by atoms with Crippen LogP contribution in [0.3, 0.4) is 0 Å². The van der Waals surface area contributed by atoms with Crippen LogP contribution in [0.1, 0.15) is 31.4 Å². The number of likely N-dealkylation sites (tertiary alicyclic amines) is 1. The fourth-order valence-corrected chi connectivity index (χ4v) is 3.84. The van der Waals surface area contributed by atoms with Crippen molar-refractivity contribution < 1.29 is 19.1 Å². The molecule has 2 aliphatic heterocycles. The first-order chi connectivity index (χ1) is 12.1. The molecule has 136 valence electrons. The van der Waals surface area contributed by atoms with Crippen molar-refractivity contribution in [2.45, 2.75) is 25.8 Å². The predicted octanol–water partition coefficient (Wildman–Crippen LogP) is 2.36. The summed E-state index contributed by atoms with van der Waals surface area (Å²) in [4.78, 5) is 26.8. The van der Waals surface area contributed by atoms with E-state index in [0.29, 0.717) is 32.0 Å². The zero-order chi connectivity index (χ0) is 17.9. The van der Waals surface area contributed by atoms with Gasteiger partial charge in [-0.2, -0.15) is 0 Å². The molecule has 0 radical (unpaired) electrons. The van der Waals surface area contributed by atoms with Crippen LogP contribution in [0.2, 0.25) is 0 Å². The van der Waals surface area contributed by atoms with Gasteiger partial charge in [0.05, 0.1) is 18.6 Å². The maximum Gasteiger partial charge on any atom is 0.317 e. The van der Waals surface area contributed by atoms with Gasteiger partial charge in [-0.25, -0.2) is 4.79 Å². The van der Waals surface area contributed by atoms with E-state index in [1.807, 2.05) is 23.1 Å². The lowest BCUT2D eigenvalue weighted by Gasteiger charge is -2.47. The van der Waals surface area contributed by atoms with E-state index in [4.69, 9.17) is 9.47 Å². The number of urea groups is 1. The maximum absolute atomic E-state index is 12.7. The molecule has 0 bridgehead atoms. The summed E-state index contributed by atoms with van der Waals surface area (Å²) in [5.41, 5.74) is 0.464. The van der Waals surface area contributed by atoms with E-state index < -0.39 is 5.41 Å². The lowest BCUT2D eigenvalue weighted by Crippen LogP contribution is -2.57. The van der Waals surface area contributed by atoms with Crippen molar-refractivity contribution in [3.8, 4) is 0 Å². The molecular weight excluding hydrogens is 320 g/mol. The third kappa shape index (κ3) is 3.49. The van der Waals surface area contributed by atoms with Crippen molar-refractivity contribution in [2.75, 3.05) is 33.4 Å².